The summed E-state index contributed by atoms with van der Waals surface area (Å²) < 4.78 is 42.3. The summed E-state index contributed by atoms with van der Waals surface area (Å²) in [7, 11) is -1.67. The Balaban J connectivity index is 1.77. The molecule has 1 atom stereocenters. The Hall–Kier alpha value is -1.73. The van der Waals surface area contributed by atoms with E-state index in [9.17, 15) is 12.8 Å². The number of aryl methyl sites for hydroxylation is 1. The largest absolute Gasteiger partial charge is 0.337 e. The first-order valence-corrected chi connectivity index (χ1v) is 8.81. The van der Waals surface area contributed by atoms with Crippen LogP contribution in [0, 0.1) is 11.7 Å². The van der Waals surface area contributed by atoms with E-state index < -0.39 is 10.0 Å². The average molecular weight is 323 g/mol. The highest BCUT2D eigenvalue weighted by Crippen LogP contribution is 2.40. The Labute approximate surface area is 129 Å². The molecule has 1 N–H and O–H groups in total. The lowest BCUT2D eigenvalue weighted by Crippen LogP contribution is -2.32. The van der Waals surface area contributed by atoms with Crippen molar-refractivity contribution in [2.24, 2.45) is 13.0 Å². The van der Waals surface area contributed by atoms with Crippen molar-refractivity contribution in [3.8, 4) is 0 Å². The summed E-state index contributed by atoms with van der Waals surface area (Å²) in [5.74, 6) is 0.480. The fraction of sp³-hybridized carbons (Fsp3) is 0.400. The quantitative estimate of drug-likeness (QED) is 0.886. The van der Waals surface area contributed by atoms with Gasteiger partial charge < -0.3 is 4.57 Å². The summed E-state index contributed by atoms with van der Waals surface area (Å²) in [5, 5.41) is 0. The minimum absolute atomic E-state index is 0.166. The number of imidazole rings is 1. The molecule has 1 aromatic carbocycles. The van der Waals surface area contributed by atoms with E-state index in [-0.39, 0.29) is 17.6 Å². The van der Waals surface area contributed by atoms with E-state index in [1.807, 2.05) is 11.6 Å². The van der Waals surface area contributed by atoms with Crippen molar-refractivity contribution < 1.29 is 12.8 Å². The molecule has 1 saturated carbocycles. The summed E-state index contributed by atoms with van der Waals surface area (Å²) in [6.45, 7) is 0. The smallest absolute Gasteiger partial charge is 0.216 e. The fourth-order valence-electron chi connectivity index (χ4n) is 2.50. The van der Waals surface area contributed by atoms with Crippen molar-refractivity contribution in [1.82, 2.24) is 14.3 Å². The third-order valence-corrected chi connectivity index (χ3v) is 5.13. The molecule has 0 spiro atoms. The Kier molecular flexibility index (Phi) is 4.01. The molecule has 0 radical (unpaired) electrons. The molecule has 7 heteroatoms. The molecule has 1 aliphatic carbocycles. The summed E-state index contributed by atoms with van der Waals surface area (Å²) in [4.78, 5) is 4.27. The van der Waals surface area contributed by atoms with Crippen LogP contribution in [0.2, 0.25) is 0 Å². The van der Waals surface area contributed by atoms with Crippen molar-refractivity contribution in [3.63, 3.8) is 0 Å². The maximum absolute atomic E-state index is 12.9. The summed E-state index contributed by atoms with van der Waals surface area (Å²) >= 11 is 0. The SMILES string of the molecule is Cn1ccnc1[C@@H](NS(=O)(=O)Cc1ccc(F)cc1)C1CC1. The van der Waals surface area contributed by atoms with Crippen molar-refractivity contribution >= 4 is 10.0 Å². The molecule has 1 aromatic heterocycles. The van der Waals surface area contributed by atoms with Gasteiger partial charge in [-0.3, -0.25) is 0 Å². The molecule has 1 fully saturated rings. The first-order valence-electron chi connectivity index (χ1n) is 7.16. The van der Waals surface area contributed by atoms with Crippen LogP contribution in [0.5, 0.6) is 0 Å². The van der Waals surface area contributed by atoms with Crippen LogP contribution in [0.15, 0.2) is 36.7 Å². The van der Waals surface area contributed by atoms with Gasteiger partial charge in [-0.25, -0.2) is 22.5 Å². The molecule has 1 heterocycles. The van der Waals surface area contributed by atoms with Crippen LogP contribution in [0.25, 0.3) is 0 Å². The minimum atomic E-state index is -3.52. The van der Waals surface area contributed by atoms with Crippen LogP contribution in [-0.4, -0.2) is 18.0 Å². The van der Waals surface area contributed by atoms with E-state index in [1.165, 1.54) is 24.3 Å². The van der Waals surface area contributed by atoms with E-state index in [2.05, 4.69) is 9.71 Å². The van der Waals surface area contributed by atoms with Crippen molar-refractivity contribution in [2.45, 2.75) is 24.6 Å². The number of aromatic nitrogens is 2. The third-order valence-electron chi connectivity index (χ3n) is 3.81. The molecule has 0 unspecified atom stereocenters. The van der Waals surface area contributed by atoms with E-state index in [1.54, 1.807) is 12.4 Å². The second-order valence-corrected chi connectivity index (χ2v) is 7.47. The van der Waals surface area contributed by atoms with Crippen molar-refractivity contribution in [1.29, 1.82) is 0 Å². The molecular weight excluding hydrogens is 305 g/mol. The van der Waals surface area contributed by atoms with E-state index >= 15 is 0 Å². The Morgan fingerprint density at radius 1 is 1.36 bits per heavy atom. The van der Waals surface area contributed by atoms with Gasteiger partial charge >= 0.3 is 0 Å². The first-order chi connectivity index (χ1) is 10.4. The molecule has 5 nitrogen and oxygen atoms in total. The topological polar surface area (TPSA) is 64.0 Å². The standard InChI is InChI=1S/C15H18FN3O2S/c1-19-9-8-17-15(19)14(12-4-5-12)18-22(20,21)10-11-2-6-13(16)7-3-11/h2-3,6-9,12,14,18H,4-5,10H2,1H3/t14-/m0/s1. The third kappa shape index (κ3) is 3.53. The number of benzene rings is 1. The predicted molar refractivity (Wildman–Crippen MR) is 80.8 cm³/mol. The molecule has 118 valence electrons. The van der Waals surface area contributed by atoms with Crippen LogP contribution in [-0.2, 0) is 22.8 Å². The van der Waals surface area contributed by atoms with Gasteiger partial charge in [0.25, 0.3) is 0 Å². The lowest BCUT2D eigenvalue weighted by Gasteiger charge is -2.18. The second-order valence-electron chi connectivity index (χ2n) is 5.71. The normalized spacial score (nSPS) is 16.6. The Morgan fingerprint density at radius 2 is 2.05 bits per heavy atom. The van der Waals surface area contributed by atoms with Crippen LogP contribution in [0.4, 0.5) is 4.39 Å². The van der Waals surface area contributed by atoms with Gasteiger partial charge in [-0.15, -0.1) is 0 Å². The zero-order chi connectivity index (χ0) is 15.7. The summed E-state index contributed by atoms with van der Waals surface area (Å²) in [5.41, 5.74) is 0.559. The summed E-state index contributed by atoms with van der Waals surface area (Å²) in [6.07, 6.45) is 5.46. The first kappa shape index (κ1) is 15.2. The lowest BCUT2D eigenvalue weighted by molar-refractivity contribution is 0.499. The Bertz CT molecular complexity index is 751. The second kappa shape index (κ2) is 5.81. The van der Waals surface area contributed by atoms with Crippen LogP contribution < -0.4 is 4.72 Å². The van der Waals surface area contributed by atoms with Gasteiger partial charge in [0.15, 0.2) is 0 Å². The van der Waals surface area contributed by atoms with Gasteiger partial charge in [-0.2, -0.15) is 0 Å². The zero-order valence-electron chi connectivity index (χ0n) is 12.2. The van der Waals surface area contributed by atoms with E-state index in [0.29, 0.717) is 11.5 Å². The van der Waals surface area contributed by atoms with Crippen LogP contribution in [0.3, 0.4) is 0 Å². The number of nitrogens with zero attached hydrogens (tertiary/aromatic N) is 2. The maximum Gasteiger partial charge on any atom is 0.216 e. The summed E-state index contributed by atoms with van der Waals surface area (Å²) in [6, 6.07) is 5.21. The van der Waals surface area contributed by atoms with E-state index in [4.69, 9.17) is 0 Å². The molecule has 0 aliphatic heterocycles. The maximum atomic E-state index is 12.9. The van der Waals surface area contributed by atoms with Gasteiger partial charge in [0.2, 0.25) is 10.0 Å². The molecule has 2 aromatic rings. The number of nitrogens with one attached hydrogen (secondary N) is 1. The van der Waals surface area contributed by atoms with Crippen LogP contribution in [0.1, 0.15) is 30.3 Å². The monoisotopic (exact) mass is 323 g/mol. The average Bonchev–Trinajstić information content (AvgIpc) is 3.21. The van der Waals surface area contributed by atoms with Crippen LogP contribution >= 0.6 is 0 Å². The van der Waals surface area contributed by atoms with Gasteiger partial charge in [0, 0.05) is 19.4 Å². The number of rotatable bonds is 6. The van der Waals surface area contributed by atoms with Gasteiger partial charge in [-0.05, 0) is 36.5 Å². The number of sulfonamides is 1. The predicted octanol–water partition coefficient (Wildman–Crippen LogP) is 2.13. The van der Waals surface area contributed by atoms with Crippen molar-refractivity contribution in [2.75, 3.05) is 0 Å². The number of halogens is 1. The van der Waals surface area contributed by atoms with Gasteiger partial charge in [-0.1, -0.05) is 12.1 Å². The highest BCUT2D eigenvalue weighted by molar-refractivity contribution is 7.88. The highest BCUT2D eigenvalue weighted by Gasteiger charge is 2.37. The van der Waals surface area contributed by atoms with Gasteiger partial charge in [0.1, 0.15) is 11.6 Å². The van der Waals surface area contributed by atoms with Gasteiger partial charge in [0.05, 0.1) is 11.8 Å². The fourth-order valence-corrected chi connectivity index (χ4v) is 3.90. The Morgan fingerprint density at radius 3 is 2.59 bits per heavy atom. The van der Waals surface area contributed by atoms with E-state index in [0.717, 1.165) is 18.7 Å². The molecule has 22 heavy (non-hydrogen) atoms. The zero-order valence-corrected chi connectivity index (χ0v) is 13.1. The number of hydrogen-bond donors (Lipinski definition) is 1. The molecule has 0 bridgehead atoms. The molecule has 0 amide bonds. The van der Waals surface area contributed by atoms with Crippen molar-refractivity contribution in [3.05, 3.63) is 53.9 Å². The number of hydrogen-bond acceptors (Lipinski definition) is 3. The molecule has 1 aliphatic rings. The molecule has 3 rings (SSSR count). The minimum Gasteiger partial charge on any atom is -0.337 e. The highest BCUT2D eigenvalue weighted by atomic mass is 32.2. The lowest BCUT2D eigenvalue weighted by atomic mass is 10.2. The molecular formula is C15H18FN3O2S. The molecule has 0 saturated heterocycles.